The maximum atomic E-state index is 13.9. The van der Waals surface area contributed by atoms with Crippen LogP contribution in [0.25, 0.3) is 53.6 Å². The fraction of sp³-hybridized carbons (Fsp3) is 0.555. The second-order valence-electron chi connectivity index (χ2n) is 41.2. The van der Waals surface area contributed by atoms with E-state index in [4.69, 9.17) is 77.8 Å². The first kappa shape index (κ1) is 115. The van der Waals surface area contributed by atoms with Crippen molar-refractivity contribution < 1.29 is 98.9 Å². The van der Waals surface area contributed by atoms with Crippen LogP contribution in [0, 0.1) is 33.6 Å². The first-order chi connectivity index (χ1) is 66.3. The average molecular weight is 2040 g/mol. The fourth-order valence-corrected chi connectivity index (χ4v) is 22.2. The Morgan fingerprint density at radius 1 is 0.411 bits per heavy atom. The van der Waals surface area contributed by atoms with Crippen LogP contribution in [0.4, 0.5) is 8.78 Å². The van der Waals surface area contributed by atoms with Gasteiger partial charge < -0.3 is 66.2 Å². The van der Waals surface area contributed by atoms with E-state index in [2.05, 4.69) is 59.8 Å². The molecule has 0 bridgehead atoms. The van der Waals surface area contributed by atoms with Crippen molar-refractivity contribution in [3.05, 3.63) is 191 Å². The number of esters is 4. The Morgan fingerprint density at radius 3 is 0.957 bits per heavy atom. The Kier molecular flexibility index (Phi) is 40.5. The number of hydrogen-bond acceptors (Lipinski definition) is 27. The standard InChI is InChI=1S/C26H33NO5S.C24H29F2NO3S.C24H29NO4S.C21H29ClO5S.C11H16BNO2.C4H10/c1-6-29-24(28)22(32-25(3,4)5)20-17(2)33-23(19-9-13-27-14-10-19)21(20)18-7-11-26(12-8-18)30-15-16-31-26;1-6-29-22(28)20(30-23(3,4)5)18-15(2)31-21(17-9-13-27-14-10-17)19(18)16-7-11-24(25,26)12-8-16;1-6-28-23(27)21(29-24(3,4)5)19-15(2)30-22(17-11-13-25-14-12-17)20(19)16-7-9-18(26)10-8-16;1-6-24-19(23)17(27-20(3,4)5)15-13(2)28-18(22)16(15)14-7-9-21(10-8-14)25-11-12-26-21;1-10(2)11(3,4)15-12(14-10)9-5-7-13-8-6-9;1-4(2)3/h7,9-10,13-14,22H,6,8,11-12,15-16H2,1-5H3;7,9-10,13-14,20H,6,8,11-12H2,1-5H3;7,11-14,21H,6,8-10H2,1-5H3;7,17H,6,8-12H2,1-5H3;5-8H,1-4H3;4H,1-3H3. The van der Waals surface area contributed by atoms with E-state index >= 15 is 0 Å². The summed E-state index contributed by atoms with van der Waals surface area (Å²) in [5.74, 6) is -4.22. The van der Waals surface area contributed by atoms with Gasteiger partial charge in [0.2, 0.25) is 0 Å². The summed E-state index contributed by atoms with van der Waals surface area (Å²) in [6.45, 7) is 56.6. The molecule has 0 saturated carbocycles. The maximum absolute atomic E-state index is 13.9. The van der Waals surface area contributed by atoms with E-state index < -0.39 is 70.3 Å². The highest BCUT2D eigenvalue weighted by atomic mass is 35.5. The Bertz CT molecular complexity index is 5630. The van der Waals surface area contributed by atoms with Gasteiger partial charge in [0.1, 0.15) is 10.1 Å². The minimum absolute atomic E-state index is 0.215. The molecule has 0 N–H and O–H groups in total. The molecule has 4 atom stereocenters. The van der Waals surface area contributed by atoms with Crippen LogP contribution in [0.3, 0.4) is 0 Å². The van der Waals surface area contributed by atoms with Gasteiger partial charge in [-0.15, -0.1) is 45.3 Å². The Morgan fingerprint density at radius 2 is 0.688 bits per heavy atom. The zero-order chi connectivity index (χ0) is 104. The van der Waals surface area contributed by atoms with Crippen molar-refractivity contribution in [2.75, 3.05) is 52.9 Å². The van der Waals surface area contributed by atoms with E-state index in [9.17, 15) is 32.8 Å². The molecule has 31 heteroatoms. The molecule has 0 amide bonds. The van der Waals surface area contributed by atoms with Gasteiger partial charge in [0.15, 0.2) is 36.0 Å². The zero-order valence-corrected chi connectivity index (χ0v) is 91.5. The predicted octanol–water partition coefficient (Wildman–Crippen LogP) is 26.7. The van der Waals surface area contributed by atoms with Crippen molar-refractivity contribution in [2.24, 2.45) is 5.92 Å². The van der Waals surface area contributed by atoms with Crippen molar-refractivity contribution in [3.8, 4) is 31.3 Å². The normalized spacial score (nSPS) is 18.3. The first-order valence-electron chi connectivity index (χ1n) is 49.0. The summed E-state index contributed by atoms with van der Waals surface area (Å²) in [5, 5.41) is 0. The third-order valence-electron chi connectivity index (χ3n) is 23.9. The lowest BCUT2D eigenvalue weighted by Gasteiger charge is -2.32. The van der Waals surface area contributed by atoms with Crippen LogP contribution in [-0.2, 0) is 90.1 Å². The number of pyridine rings is 4. The summed E-state index contributed by atoms with van der Waals surface area (Å²) in [7, 11) is -0.280. The van der Waals surface area contributed by atoms with E-state index in [1.165, 1.54) is 28.2 Å². The molecule has 7 aliphatic rings. The number of nitrogens with zero attached hydrogens (tertiary/aromatic N) is 4. The summed E-state index contributed by atoms with van der Waals surface area (Å²) in [5.41, 5.74) is 12.6. The number of allylic oxidation sites excluding steroid dienone is 6. The number of aryl methyl sites for hydroxylation is 4. The molecule has 4 unspecified atom stereocenters. The zero-order valence-electron chi connectivity index (χ0n) is 87.5. The largest absolute Gasteiger partial charge is 0.494 e. The van der Waals surface area contributed by atoms with E-state index in [-0.39, 0.29) is 74.5 Å². The summed E-state index contributed by atoms with van der Waals surface area (Å²) in [6, 6.07) is 15.6. The molecular weight excluding hydrogens is 1890 g/mol. The number of thiophene rings is 4. The Labute approximate surface area is 854 Å². The highest BCUT2D eigenvalue weighted by Crippen LogP contribution is 2.54. The van der Waals surface area contributed by atoms with E-state index in [1.807, 2.05) is 193 Å². The number of Topliss-reactive ketones (excluding diaryl/α,β-unsaturated/α-hetero) is 1. The van der Waals surface area contributed by atoms with Gasteiger partial charge in [0, 0.05) is 180 Å². The van der Waals surface area contributed by atoms with Crippen LogP contribution >= 0.6 is 56.9 Å². The Hall–Kier alpha value is -8.28. The fourth-order valence-electron chi connectivity index (χ4n) is 17.1. The van der Waals surface area contributed by atoms with Gasteiger partial charge in [0.25, 0.3) is 5.92 Å². The molecule has 141 heavy (non-hydrogen) atoms. The molecule has 8 aromatic heterocycles. The van der Waals surface area contributed by atoms with Crippen molar-refractivity contribution in [3.63, 3.8) is 0 Å². The van der Waals surface area contributed by atoms with Crippen LogP contribution in [-0.4, -0.2) is 161 Å². The summed E-state index contributed by atoms with van der Waals surface area (Å²) in [6.07, 6.45) is 24.4. The number of hydrogen-bond donors (Lipinski definition) is 0. The minimum Gasteiger partial charge on any atom is -0.464 e. The number of ether oxygens (including phenoxy) is 12. The van der Waals surface area contributed by atoms with Gasteiger partial charge in [-0.05, 0) is 291 Å². The second-order valence-corrected chi connectivity index (χ2v) is 46.7. The number of carbonyl (C=O) groups excluding carboxylic acids is 5. The molecule has 3 saturated heterocycles. The average Bonchev–Trinajstić information content (AvgIpc) is 1.62. The number of halogens is 3. The number of rotatable bonds is 24. The van der Waals surface area contributed by atoms with Crippen molar-refractivity contribution in [2.45, 2.75) is 340 Å². The summed E-state index contributed by atoms with van der Waals surface area (Å²) in [4.78, 5) is 87.2. The number of aromatic nitrogens is 4. The van der Waals surface area contributed by atoms with Crippen LogP contribution in [0.15, 0.2) is 122 Å². The molecule has 11 heterocycles. The molecule has 0 aromatic carbocycles. The SMILES string of the molecule is CC(C)C.CC1(C)OB(c2ccncc2)OC1(C)C.CCOC(=O)C(OC(C)(C)C)c1c(C)sc(-c2ccncc2)c1C1=CCC(=O)CC1.CCOC(=O)C(OC(C)(C)C)c1c(C)sc(-c2ccncc2)c1C1=CCC(F)(F)CC1.CCOC(=O)C(OC(C)(C)C)c1c(C)sc(-c2ccncc2)c1C1=CCC2(CC1)OCCO2.CCOC(=O)C(OC(C)(C)C)c1c(C)sc(Cl)c1C1=CCC2(CC1)OCCO2. The molecule has 3 fully saturated rings. The van der Waals surface area contributed by atoms with Gasteiger partial charge in [-0.3, -0.25) is 24.7 Å². The van der Waals surface area contributed by atoms with Gasteiger partial charge in [-0.1, -0.05) is 56.7 Å². The number of ketones is 1. The molecule has 15 rings (SSSR count). The van der Waals surface area contributed by atoms with E-state index in [0.717, 1.165) is 144 Å². The smallest absolute Gasteiger partial charge is 0.464 e. The van der Waals surface area contributed by atoms with Crippen molar-refractivity contribution in [1.82, 2.24) is 19.9 Å². The molecule has 3 aliphatic heterocycles. The lowest BCUT2D eigenvalue weighted by atomic mass is 9.80. The van der Waals surface area contributed by atoms with E-state index in [1.54, 1.807) is 99.1 Å². The Balaban J connectivity index is 0.000000182. The van der Waals surface area contributed by atoms with Crippen LogP contribution in [0.5, 0.6) is 0 Å². The number of carbonyl (C=O) groups is 5. The monoisotopic (exact) mass is 2040 g/mol. The second kappa shape index (κ2) is 49.7. The van der Waals surface area contributed by atoms with Crippen molar-refractivity contribution >= 4 is 121 Å². The molecule has 4 aliphatic carbocycles. The lowest BCUT2D eigenvalue weighted by Crippen LogP contribution is -2.41. The highest BCUT2D eigenvalue weighted by Gasteiger charge is 2.52. The van der Waals surface area contributed by atoms with Gasteiger partial charge >= 0.3 is 31.0 Å². The van der Waals surface area contributed by atoms with Crippen LogP contribution < -0.4 is 5.46 Å². The molecule has 768 valence electrons. The van der Waals surface area contributed by atoms with Crippen molar-refractivity contribution in [1.29, 1.82) is 0 Å². The summed E-state index contributed by atoms with van der Waals surface area (Å²) >= 11 is 13.0. The molecule has 0 radical (unpaired) electrons. The third-order valence-corrected chi connectivity index (χ3v) is 28.8. The summed E-state index contributed by atoms with van der Waals surface area (Å²) < 4.78 is 110. The number of alkyl halides is 2. The van der Waals surface area contributed by atoms with Gasteiger partial charge in [-0.2, -0.15) is 0 Å². The highest BCUT2D eigenvalue weighted by molar-refractivity contribution is 7.17. The first-order valence-corrected chi connectivity index (χ1v) is 52.7. The lowest BCUT2D eigenvalue weighted by molar-refractivity contribution is -0.167. The molecule has 2 spiro atoms. The van der Waals surface area contributed by atoms with Crippen LogP contribution in [0.2, 0.25) is 4.34 Å². The topological polar surface area (TPSA) is 266 Å². The van der Waals surface area contributed by atoms with Gasteiger partial charge in [-0.25, -0.2) is 28.0 Å². The van der Waals surface area contributed by atoms with E-state index in [0.29, 0.717) is 81.6 Å². The quantitative estimate of drug-likeness (QED) is 0.0309. The van der Waals surface area contributed by atoms with Gasteiger partial charge in [0.05, 0.1) is 86.5 Å². The maximum Gasteiger partial charge on any atom is 0.494 e. The molecule has 23 nitrogen and oxygen atoms in total. The van der Waals surface area contributed by atoms with Crippen LogP contribution in [0.1, 0.15) is 325 Å². The third kappa shape index (κ3) is 31.2. The predicted molar refractivity (Wildman–Crippen MR) is 559 cm³/mol. The minimum atomic E-state index is -2.70. The molecular formula is C110H146BClF2N4O19S4. The molecule has 8 aromatic rings.